The number of aromatic nitrogens is 3. The quantitative estimate of drug-likeness (QED) is 0.449. The van der Waals surface area contributed by atoms with Gasteiger partial charge in [-0.1, -0.05) is 35.9 Å². The van der Waals surface area contributed by atoms with Gasteiger partial charge in [0.05, 0.1) is 17.3 Å². The van der Waals surface area contributed by atoms with Gasteiger partial charge in [0.15, 0.2) is 6.61 Å². The maximum absolute atomic E-state index is 12.8. The highest BCUT2D eigenvalue weighted by molar-refractivity contribution is 6.35. The Hall–Kier alpha value is -3.38. The molecule has 1 amide bonds. The Morgan fingerprint density at radius 3 is 3.00 bits per heavy atom. The Labute approximate surface area is 191 Å². The fraction of sp³-hybridized carbons (Fsp3) is 0.240. The van der Waals surface area contributed by atoms with Gasteiger partial charge in [-0.3, -0.25) is 9.78 Å². The molecule has 32 heavy (non-hydrogen) atoms. The van der Waals surface area contributed by atoms with Gasteiger partial charge in [0.1, 0.15) is 17.1 Å². The summed E-state index contributed by atoms with van der Waals surface area (Å²) in [5.74, 6) is 0.976. The van der Waals surface area contributed by atoms with E-state index in [0.717, 1.165) is 30.2 Å². The van der Waals surface area contributed by atoms with Crippen LogP contribution in [0.5, 0.6) is 5.75 Å². The summed E-state index contributed by atoms with van der Waals surface area (Å²) in [7, 11) is 0. The second-order valence-corrected chi connectivity index (χ2v) is 8.42. The largest absolute Gasteiger partial charge is 0.481 e. The number of carbonyl (C=O) groups excluding carboxylic acids is 1. The molecule has 162 valence electrons. The molecule has 1 unspecified atom stereocenters. The number of amides is 1. The van der Waals surface area contributed by atoms with E-state index in [1.807, 2.05) is 23.7 Å². The van der Waals surface area contributed by atoms with Crippen LogP contribution in [0.4, 0.5) is 5.82 Å². The smallest absolute Gasteiger partial charge is 0.263 e. The Morgan fingerprint density at radius 1 is 1.22 bits per heavy atom. The van der Waals surface area contributed by atoms with Gasteiger partial charge in [0, 0.05) is 17.1 Å². The summed E-state index contributed by atoms with van der Waals surface area (Å²) in [5, 5.41) is 8.99. The van der Waals surface area contributed by atoms with Crippen molar-refractivity contribution < 1.29 is 9.53 Å². The predicted molar refractivity (Wildman–Crippen MR) is 125 cm³/mol. The molecule has 7 heteroatoms. The van der Waals surface area contributed by atoms with E-state index >= 15 is 0 Å². The number of hydrogen-bond acceptors (Lipinski definition) is 4. The van der Waals surface area contributed by atoms with Crippen LogP contribution in [0.1, 0.15) is 35.6 Å². The summed E-state index contributed by atoms with van der Waals surface area (Å²) in [5.41, 5.74) is 4.17. The van der Waals surface area contributed by atoms with E-state index in [0.29, 0.717) is 22.1 Å². The number of benzene rings is 2. The second kappa shape index (κ2) is 8.63. The van der Waals surface area contributed by atoms with Crippen LogP contribution in [0.15, 0.2) is 60.9 Å². The molecule has 0 fully saturated rings. The Morgan fingerprint density at radius 2 is 2.09 bits per heavy atom. The minimum Gasteiger partial charge on any atom is -0.481 e. The number of nitrogens with one attached hydrogen (secondary N) is 1. The maximum atomic E-state index is 12.8. The van der Waals surface area contributed by atoms with Crippen molar-refractivity contribution in [3.63, 3.8) is 0 Å². The molecule has 1 N–H and O–H groups in total. The maximum Gasteiger partial charge on any atom is 0.263 e. The van der Waals surface area contributed by atoms with Gasteiger partial charge >= 0.3 is 0 Å². The number of pyridine rings is 1. The van der Waals surface area contributed by atoms with Crippen molar-refractivity contribution in [1.82, 2.24) is 14.8 Å². The van der Waals surface area contributed by atoms with Gasteiger partial charge in [-0.25, -0.2) is 4.68 Å². The lowest BCUT2D eigenvalue weighted by atomic mass is 9.88. The standard InChI is InChI=1S/C25H23ClN4O2/c1-16-14-28-30(21-10-4-7-17-6-2-3-8-18(17)21)25(16)29-23(31)15-32-22-12-11-20(26)19-9-5-13-27-24(19)22/h2-3,5-6,8-9,11-14,21H,4,7,10,15H2,1H3,(H,29,31). The number of hydrogen-bond donors (Lipinski definition) is 1. The number of ether oxygens (including phenoxy) is 1. The summed E-state index contributed by atoms with van der Waals surface area (Å²) in [6, 6.07) is 15.7. The molecule has 2 aromatic heterocycles. The number of rotatable bonds is 5. The molecule has 0 aliphatic heterocycles. The van der Waals surface area contributed by atoms with Gasteiger partial charge in [-0.15, -0.1) is 0 Å². The fourth-order valence-electron chi connectivity index (χ4n) is 4.36. The lowest BCUT2D eigenvalue weighted by Crippen LogP contribution is -2.25. The van der Waals surface area contributed by atoms with Gasteiger partial charge in [0.2, 0.25) is 0 Å². The highest BCUT2D eigenvalue weighted by Gasteiger charge is 2.25. The zero-order valence-electron chi connectivity index (χ0n) is 17.7. The molecule has 0 saturated heterocycles. The van der Waals surface area contributed by atoms with Crippen molar-refractivity contribution in [2.75, 3.05) is 11.9 Å². The predicted octanol–water partition coefficient (Wildman–Crippen LogP) is 5.34. The molecule has 1 aliphatic carbocycles. The van der Waals surface area contributed by atoms with Gasteiger partial charge < -0.3 is 10.1 Å². The summed E-state index contributed by atoms with van der Waals surface area (Å²) in [6.07, 6.45) is 6.62. The van der Waals surface area contributed by atoms with Crippen LogP contribution in [0.3, 0.4) is 0 Å². The SMILES string of the molecule is Cc1cnn(C2CCCc3ccccc32)c1NC(=O)COc1ccc(Cl)c2cccnc12. The van der Waals surface area contributed by atoms with E-state index < -0.39 is 0 Å². The average molecular weight is 447 g/mol. The van der Waals surface area contributed by atoms with Crippen LogP contribution in [-0.4, -0.2) is 27.3 Å². The van der Waals surface area contributed by atoms with E-state index in [1.165, 1.54) is 11.1 Å². The van der Waals surface area contributed by atoms with Gasteiger partial charge in [-0.05, 0) is 61.6 Å². The third-order valence-corrected chi connectivity index (χ3v) is 6.24. The third-order valence-electron chi connectivity index (χ3n) is 5.91. The number of fused-ring (bicyclic) bond motifs is 2. The zero-order valence-corrected chi connectivity index (χ0v) is 18.5. The van der Waals surface area contributed by atoms with Crippen LogP contribution < -0.4 is 10.1 Å². The highest BCUT2D eigenvalue weighted by atomic mass is 35.5. The van der Waals surface area contributed by atoms with Crippen molar-refractivity contribution in [1.29, 1.82) is 0 Å². The molecule has 0 spiro atoms. The number of carbonyl (C=O) groups is 1. The fourth-order valence-corrected chi connectivity index (χ4v) is 4.58. The first kappa shape index (κ1) is 20.5. The minimum absolute atomic E-state index is 0.106. The molecule has 2 aromatic carbocycles. The third kappa shape index (κ3) is 3.82. The molecular weight excluding hydrogens is 424 g/mol. The second-order valence-electron chi connectivity index (χ2n) is 8.01. The molecule has 0 bridgehead atoms. The molecular formula is C25H23ClN4O2. The number of aryl methyl sites for hydroxylation is 2. The molecule has 0 saturated carbocycles. The number of anilines is 1. The van der Waals surface area contributed by atoms with E-state index in [9.17, 15) is 4.79 Å². The number of nitrogens with zero attached hydrogens (tertiary/aromatic N) is 3. The summed E-state index contributed by atoms with van der Waals surface area (Å²) in [4.78, 5) is 17.1. The van der Waals surface area contributed by atoms with Crippen LogP contribution in [0.25, 0.3) is 10.9 Å². The summed E-state index contributed by atoms with van der Waals surface area (Å²) in [6.45, 7) is 1.81. The zero-order chi connectivity index (χ0) is 22.1. The molecule has 1 aliphatic rings. The monoisotopic (exact) mass is 446 g/mol. The number of halogens is 1. The first-order valence-corrected chi connectivity index (χ1v) is 11.1. The van der Waals surface area contributed by atoms with Crippen LogP contribution in [0, 0.1) is 6.92 Å². The van der Waals surface area contributed by atoms with Crippen LogP contribution in [0.2, 0.25) is 5.02 Å². The van der Waals surface area contributed by atoms with Crippen molar-refractivity contribution in [3.8, 4) is 5.75 Å². The first-order valence-electron chi connectivity index (χ1n) is 10.7. The van der Waals surface area contributed by atoms with Crippen molar-refractivity contribution in [2.24, 2.45) is 0 Å². The highest BCUT2D eigenvalue weighted by Crippen LogP contribution is 2.35. The average Bonchev–Trinajstić information content (AvgIpc) is 3.18. The Bertz CT molecular complexity index is 1300. The van der Waals surface area contributed by atoms with E-state index in [-0.39, 0.29) is 18.6 Å². The normalized spacial score (nSPS) is 15.4. The van der Waals surface area contributed by atoms with E-state index in [2.05, 4.69) is 39.7 Å². The van der Waals surface area contributed by atoms with Crippen molar-refractivity contribution >= 4 is 34.2 Å². The summed E-state index contributed by atoms with van der Waals surface area (Å²) < 4.78 is 7.74. The minimum atomic E-state index is -0.252. The molecule has 2 heterocycles. The molecule has 6 nitrogen and oxygen atoms in total. The van der Waals surface area contributed by atoms with Gasteiger partial charge in [-0.2, -0.15) is 5.10 Å². The van der Waals surface area contributed by atoms with Crippen molar-refractivity contribution in [2.45, 2.75) is 32.2 Å². The van der Waals surface area contributed by atoms with Crippen LogP contribution in [-0.2, 0) is 11.2 Å². The van der Waals surface area contributed by atoms with Crippen LogP contribution >= 0.6 is 11.6 Å². The topological polar surface area (TPSA) is 69.0 Å². The summed E-state index contributed by atoms with van der Waals surface area (Å²) >= 11 is 6.25. The molecule has 1 atom stereocenters. The molecule has 0 radical (unpaired) electrons. The lowest BCUT2D eigenvalue weighted by Gasteiger charge is -2.27. The van der Waals surface area contributed by atoms with Crippen molar-refractivity contribution in [3.05, 3.63) is 82.6 Å². The Balaban J connectivity index is 1.35. The van der Waals surface area contributed by atoms with Gasteiger partial charge in [0.25, 0.3) is 5.91 Å². The molecule has 5 rings (SSSR count). The van der Waals surface area contributed by atoms with E-state index in [1.54, 1.807) is 24.5 Å². The van der Waals surface area contributed by atoms with E-state index in [4.69, 9.17) is 16.3 Å². The first-order chi connectivity index (χ1) is 15.6. The Kier molecular flexibility index (Phi) is 5.53. The molecule has 4 aromatic rings. The lowest BCUT2D eigenvalue weighted by molar-refractivity contribution is -0.118.